The van der Waals surface area contributed by atoms with E-state index in [1.54, 1.807) is 18.2 Å². The lowest BCUT2D eigenvalue weighted by molar-refractivity contribution is -0.138. The number of carboxylic acid groups (broad SMARTS) is 1. The van der Waals surface area contributed by atoms with Gasteiger partial charge in [0.15, 0.2) is 11.5 Å². The van der Waals surface area contributed by atoms with Gasteiger partial charge in [0.2, 0.25) is 0 Å². The molecule has 1 aliphatic heterocycles. The van der Waals surface area contributed by atoms with E-state index >= 15 is 0 Å². The largest absolute Gasteiger partial charge is 0.493 e. The molecular formula is C14H19NO5. The number of rotatable bonds is 5. The number of carboxylic acids is 1. The highest BCUT2D eigenvalue weighted by Crippen LogP contribution is 2.35. The minimum Gasteiger partial charge on any atom is -0.493 e. The summed E-state index contributed by atoms with van der Waals surface area (Å²) in [6.07, 6.45) is 1.67. The van der Waals surface area contributed by atoms with Gasteiger partial charge >= 0.3 is 5.97 Å². The third-order valence-electron chi connectivity index (χ3n) is 3.23. The van der Waals surface area contributed by atoms with Gasteiger partial charge in [0.1, 0.15) is 12.1 Å². The second kappa shape index (κ2) is 6.58. The van der Waals surface area contributed by atoms with Gasteiger partial charge in [-0.3, -0.25) is 4.79 Å². The highest BCUT2D eigenvalue weighted by atomic mass is 16.5. The molecule has 2 atom stereocenters. The zero-order valence-corrected chi connectivity index (χ0v) is 11.4. The molecule has 1 fully saturated rings. The number of nitrogens with two attached hydrogens (primary N) is 1. The summed E-state index contributed by atoms with van der Waals surface area (Å²) in [5.74, 6) is -0.242. The fourth-order valence-corrected chi connectivity index (χ4v) is 2.17. The van der Waals surface area contributed by atoms with E-state index in [0.29, 0.717) is 23.7 Å². The maximum absolute atomic E-state index is 11.1. The van der Waals surface area contributed by atoms with Crippen molar-refractivity contribution < 1.29 is 24.1 Å². The third-order valence-corrected chi connectivity index (χ3v) is 3.23. The summed E-state index contributed by atoms with van der Waals surface area (Å²) >= 11 is 0. The second-order valence-electron chi connectivity index (χ2n) is 4.65. The third kappa shape index (κ3) is 3.20. The van der Waals surface area contributed by atoms with Crippen LogP contribution >= 0.6 is 0 Å². The number of aliphatic carboxylic acids is 1. The van der Waals surface area contributed by atoms with Crippen molar-refractivity contribution in [2.45, 2.75) is 25.0 Å². The van der Waals surface area contributed by atoms with E-state index in [1.165, 1.54) is 7.11 Å². The maximum atomic E-state index is 11.1. The van der Waals surface area contributed by atoms with Crippen LogP contribution in [0.5, 0.6) is 11.5 Å². The van der Waals surface area contributed by atoms with Crippen molar-refractivity contribution in [2.24, 2.45) is 5.73 Å². The average Bonchev–Trinajstić information content (AvgIpc) is 2.47. The van der Waals surface area contributed by atoms with E-state index in [-0.39, 0.29) is 6.10 Å². The SMILES string of the molecule is COc1cccc(C(N)C(=O)O)c1OC1CCCOC1. The normalized spacial score (nSPS) is 20.2. The van der Waals surface area contributed by atoms with Gasteiger partial charge in [-0.05, 0) is 18.9 Å². The lowest BCUT2D eigenvalue weighted by atomic mass is 10.1. The molecule has 1 aliphatic rings. The Hall–Kier alpha value is -1.79. The summed E-state index contributed by atoms with van der Waals surface area (Å²) in [4.78, 5) is 11.1. The first kappa shape index (κ1) is 14.6. The summed E-state index contributed by atoms with van der Waals surface area (Å²) in [6.45, 7) is 1.22. The van der Waals surface area contributed by atoms with Crippen LogP contribution in [0.1, 0.15) is 24.4 Å². The Bertz CT molecular complexity index is 471. The van der Waals surface area contributed by atoms with Gasteiger partial charge in [0, 0.05) is 12.2 Å². The average molecular weight is 281 g/mol. The molecule has 0 aliphatic carbocycles. The maximum Gasteiger partial charge on any atom is 0.325 e. The zero-order valence-electron chi connectivity index (χ0n) is 11.4. The van der Waals surface area contributed by atoms with E-state index in [9.17, 15) is 4.79 Å². The number of para-hydroxylation sites is 1. The lowest BCUT2D eigenvalue weighted by Gasteiger charge is -2.26. The van der Waals surface area contributed by atoms with Crippen LogP contribution in [0.3, 0.4) is 0 Å². The van der Waals surface area contributed by atoms with Crippen molar-refractivity contribution in [2.75, 3.05) is 20.3 Å². The highest BCUT2D eigenvalue weighted by molar-refractivity contribution is 5.77. The Balaban J connectivity index is 2.29. The molecule has 6 nitrogen and oxygen atoms in total. The molecule has 0 spiro atoms. The lowest BCUT2D eigenvalue weighted by Crippen LogP contribution is -2.29. The number of hydrogen-bond donors (Lipinski definition) is 2. The van der Waals surface area contributed by atoms with Crippen LogP contribution in [0.4, 0.5) is 0 Å². The summed E-state index contributed by atoms with van der Waals surface area (Å²) in [7, 11) is 1.51. The molecule has 110 valence electrons. The van der Waals surface area contributed by atoms with Crippen molar-refractivity contribution >= 4 is 5.97 Å². The van der Waals surface area contributed by atoms with Gasteiger partial charge in [-0.1, -0.05) is 12.1 Å². The van der Waals surface area contributed by atoms with Gasteiger partial charge in [0.05, 0.1) is 13.7 Å². The number of methoxy groups -OCH3 is 1. The molecule has 0 aromatic heterocycles. The molecule has 1 saturated heterocycles. The van der Waals surface area contributed by atoms with Crippen molar-refractivity contribution in [3.63, 3.8) is 0 Å². The van der Waals surface area contributed by atoms with E-state index in [2.05, 4.69) is 0 Å². The molecule has 6 heteroatoms. The van der Waals surface area contributed by atoms with Crippen molar-refractivity contribution in [3.8, 4) is 11.5 Å². The Morgan fingerprint density at radius 1 is 1.55 bits per heavy atom. The van der Waals surface area contributed by atoms with Crippen LogP contribution < -0.4 is 15.2 Å². The monoisotopic (exact) mass is 281 g/mol. The molecule has 0 amide bonds. The van der Waals surface area contributed by atoms with E-state index < -0.39 is 12.0 Å². The predicted molar refractivity (Wildman–Crippen MR) is 72.0 cm³/mol. The van der Waals surface area contributed by atoms with Gasteiger partial charge in [-0.15, -0.1) is 0 Å². The van der Waals surface area contributed by atoms with Crippen molar-refractivity contribution in [1.29, 1.82) is 0 Å². The smallest absolute Gasteiger partial charge is 0.325 e. The molecule has 1 heterocycles. The number of carbonyl (C=O) groups is 1. The quantitative estimate of drug-likeness (QED) is 0.846. The molecular weight excluding hydrogens is 262 g/mol. The van der Waals surface area contributed by atoms with Crippen LogP contribution in [0, 0.1) is 0 Å². The Morgan fingerprint density at radius 3 is 2.95 bits per heavy atom. The van der Waals surface area contributed by atoms with Gasteiger partial charge < -0.3 is 25.1 Å². The molecule has 3 N–H and O–H groups in total. The molecule has 1 aromatic rings. The van der Waals surface area contributed by atoms with E-state index in [0.717, 1.165) is 19.4 Å². The van der Waals surface area contributed by atoms with Crippen molar-refractivity contribution in [3.05, 3.63) is 23.8 Å². The minimum absolute atomic E-state index is 0.111. The van der Waals surface area contributed by atoms with Gasteiger partial charge in [-0.2, -0.15) is 0 Å². The fourth-order valence-electron chi connectivity index (χ4n) is 2.17. The van der Waals surface area contributed by atoms with Crippen LogP contribution in [0.2, 0.25) is 0 Å². The molecule has 2 rings (SSSR count). The van der Waals surface area contributed by atoms with Crippen LogP contribution in [0.15, 0.2) is 18.2 Å². The first-order chi connectivity index (χ1) is 9.63. The molecule has 0 saturated carbocycles. The Morgan fingerprint density at radius 2 is 2.35 bits per heavy atom. The predicted octanol–water partition coefficient (Wildman–Crippen LogP) is 1.34. The second-order valence-corrected chi connectivity index (χ2v) is 4.65. The van der Waals surface area contributed by atoms with E-state index in [4.69, 9.17) is 25.1 Å². The first-order valence-electron chi connectivity index (χ1n) is 6.53. The van der Waals surface area contributed by atoms with Gasteiger partial charge in [0.25, 0.3) is 0 Å². The Kier molecular flexibility index (Phi) is 4.81. The zero-order chi connectivity index (χ0) is 14.5. The summed E-state index contributed by atoms with van der Waals surface area (Å²) < 4.78 is 16.5. The summed E-state index contributed by atoms with van der Waals surface area (Å²) in [5.41, 5.74) is 6.11. The topological polar surface area (TPSA) is 91.0 Å². The van der Waals surface area contributed by atoms with E-state index in [1.807, 2.05) is 0 Å². The van der Waals surface area contributed by atoms with Crippen LogP contribution in [0.25, 0.3) is 0 Å². The molecule has 1 aromatic carbocycles. The number of benzene rings is 1. The Labute approximate surface area is 117 Å². The molecule has 0 bridgehead atoms. The van der Waals surface area contributed by atoms with Crippen LogP contribution in [-0.2, 0) is 9.53 Å². The minimum atomic E-state index is -1.15. The first-order valence-corrected chi connectivity index (χ1v) is 6.53. The summed E-state index contributed by atoms with van der Waals surface area (Å²) in [5, 5.41) is 9.08. The molecule has 20 heavy (non-hydrogen) atoms. The highest BCUT2D eigenvalue weighted by Gasteiger charge is 2.25. The molecule has 2 unspecified atom stereocenters. The molecule has 0 radical (unpaired) electrons. The van der Waals surface area contributed by atoms with Crippen LogP contribution in [-0.4, -0.2) is 37.5 Å². The number of hydrogen-bond acceptors (Lipinski definition) is 5. The van der Waals surface area contributed by atoms with Gasteiger partial charge in [-0.25, -0.2) is 0 Å². The van der Waals surface area contributed by atoms with Crippen molar-refractivity contribution in [1.82, 2.24) is 0 Å². The number of ether oxygens (including phenoxy) is 3. The summed E-state index contributed by atoms with van der Waals surface area (Å²) in [6, 6.07) is 3.91. The standard InChI is InChI=1S/C14H19NO5/c1-18-11-6-2-5-10(12(15)14(16)17)13(11)20-9-4-3-7-19-8-9/h2,5-6,9,12H,3-4,7-8,15H2,1H3,(H,16,17). The fraction of sp³-hybridized carbons (Fsp3) is 0.500.